The third kappa shape index (κ3) is 4.11. The molecule has 0 radical (unpaired) electrons. The Morgan fingerprint density at radius 3 is 2.50 bits per heavy atom. The largest absolute Gasteiger partial charge is 0.435 e. The molecule has 1 aromatic heterocycles. The predicted octanol–water partition coefficient (Wildman–Crippen LogP) is 1.64. The van der Waals surface area contributed by atoms with Crippen LogP contribution in [0.15, 0.2) is 41.2 Å². The Kier molecular flexibility index (Phi) is 4.82. The molecule has 0 aliphatic carbocycles. The maximum Gasteiger partial charge on any atom is 0.387 e. The molecule has 6 nitrogen and oxygen atoms in total. The van der Waals surface area contributed by atoms with E-state index in [1.807, 2.05) is 0 Å². The summed E-state index contributed by atoms with van der Waals surface area (Å²) in [6.45, 7) is -2.62. The van der Waals surface area contributed by atoms with Crippen LogP contribution in [0, 0.1) is 0 Å². The van der Waals surface area contributed by atoms with E-state index in [-0.39, 0.29) is 23.9 Å². The number of amides is 1. The molecule has 0 aliphatic rings. The molecule has 0 fully saturated rings. The van der Waals surface area contributed by atoms with Crippen LogP contribution in [0.1, 0.15) is 16.1 Å². The Morgan fingerprint density at radius 1 is 1.27 bits per heavy atom. The Balaban J connectivity index is 2.01. The molecule has 0 saturated heterocycles. The summed E-state index contributed by atoms with van der Waals surface area (Å²) in [6.07, 6.45) is 0. The lowest BCUT2D eigenvalue weighted by Crippen LogP contribution is -2.28. The lowest BCUT2D eigenvalue weighted by Gasteiger charge is -2.16. The smallest absolute Gasteiger partial charge is 0.387 e. The average molecular weight is 309 g/mol. The number of carbonyl (C=O) groups excluding carboxylic acids is 1. The Hall–Kier alpha value is -2.77. The van der Waals surface area contributed by atoms with Gasteiger partial charge in [0.15, 0.2) is 0 Å². The molecule has 0 unspecified atom stereocenters. The molecule has 0 bridgehead atoms. The van der Waals surface area contributed by atoms with Gasteiger partial charge in [0, 0.05) is 19.7 Å². The Bertz CT molecular complexity index is 681. The summed E-state index contributed by atoms with van der Waals surface area (Å²) in [5.74, 6) is -0.320. The number of nitrogens with zero attached hydrogens (tertiary/aromatic N) is 2. The molecule has 1 amide bonds. The SMILES string of the molecule is CN(Cc1ccc(OC(F)F)cc1)C(=O)c1ccc(=O)[nH]n1. The van der Waals surface area contributed by atoms with Crippen molar-refractivity contribution in [3.05, 3.63) is 58.0 Å². The molecule has 0 spiro atoms. The molecule has 2 rings (SSSR count). The first-order chi connectivity index (χ1) is 10.5. The molecule has 1 aromatic carbocycles. The maximum absolute atomic E-state index is 12.1. The van der Waals surface area contributed by atoms with Gasteiger partial charge >= 0.3 is 6.61 Å². The van der Waals surface area contributed by atoms with Crippen molar-refractivity contribution in [2.75, 3.05) is 7.05 Å². The first-order valence-electron chi connectivity index (χ1n) is 6.30. The number of halogens is 2. The molecule has 2 aromatic rings. The van der Waals surface area contributed by atoms with Gasteiger partial charge in [-0.05, 0) is 23.8 Å². The van der Waals surface area contributed by atoms with Crippen LogP contribution in [-0.2, 0) is 6.54 Å². The van der Waals surface area contributed by atoms with E-state index in [1.165, 1.54) is 29.2 Å². The number of carbonyl (C=O) groups is 1. The van der Waals surface area contributed by atoms with Crippen LogP contribution in [0.3, 0.4) is 0 Å². The van der Waals surface area contributed by atoms with Gasteiger partial charge in [-0.3, -0.25) is 9.59 Å². The highest BCUT2D eigenvalue weighted by molar-refractivity contribution is 5.91. The second-order valence-electron chi connectivity index (χ2n) is 4.49. The van der Waals surface area contributed by atoms with E-state index < -0.39 is 12.2 Å². The van der Waals surface area contributed by atoms with Crippen molar-refractivity contribution in [2.45, 2.75) is 13.2 Å². The average Bonchev–Trinajstić information content (AvgIpc) is 2.49. The van der Waals surface area contributed by atoms with Gasteiger partial charge in [0.1, 0.15) is 11.4 Å². The fourth-order valence-electron chi connectivity index (χ4n) is 1.78. The summed E-state index contributed by atoms with van der Waals surface area (Å²) < 4.78 is 28.3. The number of H-pyrrole nitrogens is 1. The number of ether oxygens (including phenoxy) is 1. The molecule has 1 N–H and O–H groups in total. The molecule has 116 valence electrons. The highest BCUT2D eigenvalue weighted by Gasteiger charge is 2.14. The maximum atomic E-state index is 12.1. The monoisotopic (exact) mass is 309 g/mol. The van der Waals surface area contributed by atoms with E-state index in [1.54, 1.807) is 19.2 Å². The fraction of sp³-hybridized carbons (Fsp3) is 0.214. The van der Waals surface area contributed by atoms with E-state index in [4.69, 9.17) is 0 Å². The standard InChI is InChI=1S/C14H13F2N3O3/c1-19(13(21)11-6-7-12(20)18-17-11)8-9-2-4-10(5-3-9)22-14(15)16/h2-7,14H,8H2,1H3,(H,18,20). The number of benzene rings is 1. The van der Waals surface area contributed by atoms with E-state index in [0.29, 0.717) is 0 Å². The predicted molar refractivity (Wildman–Crippen MR) is 73.7 cm³/mol. The van der Waals surface area contributed by atoms with Gasteiger partial charge in [-0.1, -0.05) is 12.1 Å². The van der Waals surface area contributed by atoms with Crippen LogP contribution < -0.4 is 10.3 Å². The molecule has 0 saturated carbocycles. The zero-order valence-corrected chi connectivity index (χ0v) is 11.6. The summed E-state index contributed by atoms with van der Waals surface area (Å²) in [5, 5.41) is 5.84. The number of hydrogen-bond acceptors (Lipinski definition) is 4. The molecular formula is C14H13F2N3O3. The van der Waals surface area contributed by atoms with Gasteiger partial charge in [0.25, 0.3) is 11.5 Å². The van der Waals surface area contributed by atoms with Gasteiger partial charge in [-0.25, -0.2) is 5.10 Å². The van der Waals surface area contributed by atoms with Crippen LogP contribution in [-0.4, -0.2) is 34.7 Å². The van der Waals surface area contributed by atoms with E-state index in [0.717, 1.165) is 5.56 Å². The summed E-state index contributed by atoms with van der Waals surface area (Å²) in [4.78, 5) is 24.4. The summed E-state index contributed by atoms with van der Waals surface area (Å²) in [6, 6.07) is 8.52. The second-order valence-corrected chi connectivity index (χ2v) is 4.49. The number of alkyl halides is 2. The third-order valence-corrected chi connectivity index (χ3v) is 2.81. The molecule has 22 heavy (non-hydrogen) atoms. The van der Waals surface area contributed by atoms with E-state index >= 15 is 0 Å². The number of aromatic nitrogens is 2. The molecular weight excluding hydrogens is 296 g/mol. The molecule has 0 atom stereocenters. The van der Waals surface area contributed by atoms with Crippen LogP contribution in [0.4, 0.5) is 8.78 Å². The highest BCUT2D eigenvalue weighted by atomic mass is 19.3. The number of nitrogens with one attached hydrogen (secondary N) is 1. The van der Waals surface area contributed by atoms with Crippen molar-refractivity contribution < 1.29 is 18.3 Å². The first-order valence-corrected chi connectivity index (χ1v) is 6.30. The summed E-state index contributed by atoms with van der Waals surface area (Å²) in [5.41, 5.74) is 0.454. The number of aromatic amines is 1. The number of rotatable bonds is 5. The summed E-state index contributed by atoms with van der Waals surface area (Å²) >= 11 is 0. The topological polar surface area (TPSA) is 75.3 Å². The zero-order valence-electron chi connectivity index (χ0n) is 11.6. The van der Waals surface area contributed by atoms with Crippen molar-refractivity contribution in [2.24, 2.45) is 0 Å². The van der Waals surface area contributed by atoms with Gasteiger partial charge in [-0.2, -0.15) is 13.9 Å². The highest BCUT2D eigenvalue weighted by Crippen LogP contribution is 2.16. The van der Waals surface area contributed by atoms with Gasteiger partial charge in [0.2, 0.25) is 0 Å². The fourth-order valence-corrected chi connectivity index (χ4v) is 1.78. The lowest BCUT2D eigenvalue weighted by molar-refractivity contribution is -0.0498. The zero-order chi connectivity index (χ0) is 16.1. The molecule has 1 heterocycles. The van der Waals surface area contributed by atoms with Gasteiger partial charge in [-0.15, -0.1) is 0 Å². The second kappa shape index (κ2) is 6.79. The van der Waals surface area contributed by atoms with Gasteiger partial charge < -0.3 is 9.64 Å². The van der Waals surface area contributed by atoms with Crippen LogP contribution in [0.2, 0.25) is 0 Å². The van der Waals surface area contributed by atoms with Crippen molar-refractivity contribution in [1.82, 2.24) is 15.1 Å². The van der Waals surface area contributed by atoms with Crippen molar-refractivity contribution in [1.29, 1.82) is 0 Å². The summed E-state index contributed by atoms with van der Waals surface area (Å²) in [7, 11) is 1.57. The van der Waals surface area contributed by atoms with Crippen molar-refractivity contribution in [3.63, 3.8) is 0 Å². The van der Waals surface area contributed by atoms with Crippen LogP contribution in [0.25, 0.3) is 0 Å². The van der Waals surface area contributed by atoms with E-state index in [2.05, 4.69) is 14.9 Å². The Morgan fingerprint density at radius 2 is 1.95 bits per heavy atom. The normalized spacial score (nSPS) is 10.5. The molecule has 8 heteroatoms. The lowest BCUT2D eigenvalue weighted by atomic mass is 10.2. The minimum absolute atomic E-state index is 0.0510. The minimum atomic E-state index is -2.87. The quantitative estimate of drug-likeness (QED) is 0.911. The van der Waals surface area contributed by atoms with Gasteiger partial charge in [0.05, 0.1) is 0 Å². The number of hydrogen-bond donors (Lipinski definition) is 1. The molecule has 0 aliphatic heterocycles. The minimum Gasteiger partial charge on any atom is -0.435 e. The van der Waals surface area contributed by atoms with Crippen molar-refractivity contribution in [3.8, 4) is 5.75 Å². The van der Waals surface area contributed by atoms with Crippen LogP contribution >= 0.6 is 0 Å². The van der Waals surface area contributed by atoms with Crippen LogP contribution in [0.5, 0.6) is 5.75 Å². The van der Waals surface area contributed by atoms with E-state index in [9.17, 15) is 18.4 Å². The Labute approximate surface area is 124 Å². The first kappa shape index (κ1) is 15.6. The third-order valence-electron chi connectivity index (χ3n) is 2.81. The van der Waals surface area contributed by atoms with Crippen molar-refractivity contribution >= 4 is 5.91 Å².